The highest BCUT2D eigenvalue weighted by atomic mass is 35.5. The van der Waals surface area contributed by atoms with Crippen LogP contribution in [0.15, 0.2) is 60.7 Å². The number of hydrogen-bond acceptors (Lipinski definition) is 3. The van der Waals surface area contributed by atoms with E-state index in [1.54, 1.807) is 36.4 Å². The van der Waals surface area contributed by atoms with Gasteiger partial charge < -0.3 is 4.74 Å². The molecule has 4 rings (SSSR count). The summed E-state index contributed by atoms with van der Waals surface area (Å²) in [5, 5.41) is 2.17. The summed E-state index contributed by atoms with van der Waals surface area (Å²) in [6.07, 6.45) is 3.64. The van der Waals surface area contributed by atoms with Crippen molar-refractivity contribution in [3.8, 4) is 5.88 Å². The van der Waals surface area contributed by atoms with E-state index in [1.165, 1.54) is 0 Å². The van der Waals surface area contributed by atoms with E-state index in [0.29, 0.717) is 37.2 Å². The Morgan fingerprint density at radius 3 is 2.13 bits per heavy atom. The predicted octanol–water partition coefficient (Wildman–Crippen LogP) is 7.99. The van der Waals surface area contributed by atoms with Gasteiger partial charge in [-0.25, -0.2) is 9.97 Å². The molecule has 0 saturated carbocycles. The Labute approximate surface area is 193 Å². The minimum Gasteiger partial charge on any atom is -0.471 e. The summed E-state index contributed by atoms with van der Waals surface area (Å²) in [5.41, 5.74) is 3.52. The molecular weight excluding hydrogens is 462 g/mol. The van der Waals surface area contributed by atoms with Crippen molar-refractivity contribution in [2.24, 2.45) is 0 Å². The lowest BCUT2D eigenvalue weighted by molar-refractivity contribution is 0.293. The number of benzene rings is 3. The molecule has 4 aromatic rings. The van der Waals surface area contributed by atoms with Gasteiger partial charge in [-0.15, -0.1) is 0 Å². The zero-order valence-corrected chi connectivity index (χ0v) is 18.5. The van der Waals surface area contributed by atoms with Gasteiger partial charge >= 0.3 is 0 Å². The quantitative estimate of drug-likeness (QED) is 0.293. The second-order valence-electron chi connectivity index (χ2n) is 6.39. The first-order valence-electron chi connectivity index (χ1n) is 8.97. The maximum Gasteiger partial charge on any atom is 0.240 e. The molecule has 7 heteroatoms. The molecule has 3 nitrogen and oxygen atoms in total. The topological polar surface area (TPSA) is 35.0 Å². The van der Waals surface area contributed by atoms with Gasteiger partial charge in [-0.05, 0) is 48.0 Å². The molecule has 0 saturated heterocycles. The van der Waals surface area contributed by atoms with E-state index >= 15 is 0 Å². The maximum absolute atomic E-state index is 6.27. The summed E-state index contributed by atoms with van der Waals surface area (Å²) in [5.74, 6) is 0.367. The van der Waals surface area contributed by atoms with Crippen LogP contribution in [0.3, 0.4) is 0 Å². The Morgan fingerprint density at radius 2 is 1.43 bits per heavy atom. The van der Waals surface area contributed by atoms with Crippen molar-refractivity contribution in [2.45, 2.75) is 6.61 Å². The maximum atomic E-state index is 6.27. The Bertz CT molecular complexity index is 1240. The van der Waals surface area contributed by atoms with Crippen molar-refractivity contribution in [3.05, 3.63) is 97.6 Å². The Kier molecular flexibility index (Phi) is 6.45. The molecule has 1 aromatic heterocycles. The summed E-state index contributed by atoms with van der Waals surface area (Å²) in [4.78, 5) is 9.31. The van der Waals surface area contributed by atoms with Crippen LogP contribution in [0.2, 0.25) is 20.1 Å². The summed E-state index contributed by atoms with van der Waals surface area (Å²) in [6.45, 7) is 0.161. The standard InChI is InChI=1S/C23H14Cl4N2O/c24-15-10-8-14(19(27)12-15)9-11-22-23(29-21-7-2-1-6-20(21)28-22)30-13-16-17(25)4-3-5-18(16)26/h1-12H,13H2/b11-9-. The fourth-order valence-corrected chi connectivity index (χ4v) is 3.81. The molecule has 0 aliphatic rings. The van der Waals surface area contributed by atoms with E-state index in [-0.39, 0.29) is 6.61 Å². The molecule has 0 N–H and O–H groups in total. The number of fused-ring (bicyclic) bond motifs is 1. The van der Waals surface area contributed by atoms with Crippen molar-refractivity contribution in [1.29, 1.82) is 0 Å². The highest BCUT2D eigenvalue weighted by Crippen LogP contribution is 2.28. The van der Waals surface area contributed by atoms with Gasteiger partial charge in [-0.2, -0.15) is 0 Å². The largest absolute Gasteiger partial charge is 0.471 e. The van der Waals surface area contributed by atoms with Gasteiger partial charge in [-0.3, -0.25) is 0 Å². The van der Waals surface area contributed by atoms with Gasteiger partial charge in [0.15, 0.2) is 0 Å². The monoisotopic (exact) mass is 474 g/mol. The van der Waals surface area contributed by atoms with Gasteiger partial charge in [-0.1, -0.05) is 76.7 Å². The summed E-state index contributed by atoms with van der Waals surface area (Å²) in [6, 6.07) is 18.2. The molecule has 0 atom stereocenters. The number of ether oxygens (including phenoxy) is 1. The minimum absolute atomic E-state index is 0.161. The highest BCUT2D eigenvalue weighted by Gasteiger charge is 2.12. The van der Waals surface area contributed by atoms with Crippen molar-refractivity contribution < 1.29 is 4.74 Å². The molecule has 150 valence electrons. The lowest BCUT2D eigenvalue weighted by Crippen LogP contribution is -2.02. The predicted molar refractivity (Wildman–Crippen MR) is 126 cm³/mol. The number of nitrogens with zero attached hydrogens (tertiary/aromatic N) is 2. The third-order valence-corrected chi connectivity index (χ3v) is 5.63. The number of rotatable bonds is 5. The molecule has 0 fully saturated rings. The molecule has 0 spiro atoms. The Morgan fingerprint density at radius 1 is 0.733 bits per heavy atom. The minimum atomic E-state index is 0.161. The average Bonchev–Trinajstić information content (AvgIpc) is 2.72. The Hall–Kier alpha value is -2.30. The molecule has 30 heavy (non-hydrogen) atoms. The van der Waals surface area contributed by atoms with E-state index in [0.717, 1.165) is 16.6 Å². The average molecular weight is 476 g/mol. The third kappa shape index (κ3) is 4.71. The molecular formula is C23H14Cl4N2O. The zero-order valence-electron chi connectivity index (χ0n) is 15.4. The summed E-state index contributed by atoms with van der Waals surface area (Å²) in [7, 11) is 0. The van der Waals surface area contributed by atoms with E-state index in [2.05, 4.69) is 9.97 Å². The second kappa shape index (κ2) is 9.23. The molecule has 0 radical (unpaired) electrons. The molecule has 0 aliphatic carbocycles. The van der Waals surface area contributed by atoms with Gasteiger partial charge in [0.25, 0.3) is 0 Å². The zero-order chi connectivity index (χ0) is 21.1. The van der Waals surface area contributed by atoms with Gasteiger partial charge in [0.1, 0.15) is 12.3 Å². The van der Waals surface area contributed by atoms with E-state index in [1.807, 2.05) is 36.4 Å². The van der Waals surface area contributed by atoms with Crippen LogP contribution in [0.5, 0.6) is 5.88 Å². The van der Waals surface area contributed by atoms with Crippen LogP contribution in [0, 0.1) is 0 Å². The molecule has 0 amide bonds. The van der Waals surface area contributed by atoms with Crippen LogP contribution in [0.1, 0.15) is 16.8 Å². The molecule has 0 bridgehead atoms. The van der Waals surface area contributed by atoms with E-state index < -0.39 is 0 Å². The first-order chi connectivity index (χ1) is 14.5. The summed E-state index contributed by atoms with van der Waals surface area (Å²) >= 11 is 24.8. The SMILES string of the molecule is Clc1ccc(/C=C\c2nc3ccccc3nc2OCc2c(Cl)cccc2Cl)c(Cl)c1. The molecule has 0 unspecified atom stereocenters. The van der Waals surface area contributed by atoms with Gasteiger partial charge in [0.2, 0.25) is 5.88 Å². The van der Waals surface area contributed by atoms with Crippen LogP contribution in [-0.2, 0) is 6.61 Å². The first kappa shape index (κ1) is 21.0. The molecule has 1 heterocycles. The second-order valence-corrected chi connectivity index (χ2v) is 8.05. The van der Waals surface area contributed by atoms with Gasteiger partial charge in [0.05, 0.1) is 11.0 Å². The third-order valence-electron chi connectivity index (χ3n) is 4.36. The van der Waals surface area contributed by atoms with E-state index in [4.69, 9.17) is 51.1 Å². The number of para-hydroxylation sites is 2. The first-order valence-corrected chi connectivity index (χ1v) is 10.5. The number of aromatic nitrogens is 2. The normalized spacial score (nSPS) is 11.3. The van der Waals surface area contributed by atoms with Crippen LogP contribution < -0.4 is 4.74 Å². The molecule has 0 aliphatic heterocycles. The number of halogens is 4. The van der Waals surface area contributed by atoms with Crippen LogP contribution in [-0.4, -0.2) is 9.97 Å². The summed E-state index contributed by atoms with van der Waals surface area (Å²) < 4.78 is 5.98. The van der Waals surface area contributed by atoms with Crippen molar-refractivity contribution in [1.82, 2.24) is 9.97 Å². The lowest BCUT2D eigenvalue weighted by atomic mass is 10.2. The van der Waals surface area contributed by atoms with Crippen molar-refractivity contribution >= 4 is 69.6 Å². The smallest absolute Gasteiger partial charge is 0.240 e. The van der Waals surface area contributed by atoms with E-state index in [9.17, 15) is 0 Å². The fraction of sp³-hybridized carbons (Fsp3) is 0.0435. The Balaban J connectivity index is 1.71. The van der Waals surface area contributed by atoms with Crippen LogP contribution >= 0.6 is 46.4 Å². The molecule has 3 aromatic carbocycles. The lowest BCUT2D eigenvalue weighted by Gasteiger charge is -2.11. The van der Waals surface area contributed by atoms with Gasteiger partial charge in [0, 0.05) is 25.7 Å². The van der Waals surface area contributed by atoms with Crippen molar-refractivity contribution in [3.63, 3.8) is 0 Å². The fourth-order valence-electron chi connectivity index (χ4n) is 2.83. The van der Waals surface area contributed by atoms with Crippen molar-refractivity contribution in [2.75, 3.05) is 0 Å². The highest BCUT2D eigenvalue weighted by molar-refractivity contribution is 6.36. The van der Waals surface area contributed by atoms with Crippen LogP contribution in [0.25, 0.3) is 23.2 Å². The number of hydrogen-bond donors (Lipinski definition) is 0. The van der Waals surface area contributed by atoms with Crippen LogP contribution in [0.4, 0.5) is 0 Å².